The van der Waals surface area contributed by atoms with Crippen LogP contribution in [-0.2, 0) is 21.4 Å². The molecule has 3 heterocycles. The Bertz CT molecular complexity index is 955. The third-order valence-electron chi connectivity index (χ3n) is 5.35. The number of primary amides is 1. The predicted octanol–water partition coefficient (Wildman–Crippen LogP) is 0.638. The van der Waals surface area contributed by atoms with Crippen molar-refractivity contribution < 1.29 is 18.8 Å². The Labute approximate surface area is 161 Å². The number of carbonyl (C=O) groups is 3. The molecule has 9 nitrogen and oxygen atoms in total. The number of aryl methyl sites for hydroxylation is 1. The molecule has 4 rings (SSSR count). The van der Waals surface area contributed by atoms with Crippen LogP contribution in [0, 0.1) is 0 Å². The maximum absolute atomic E-state index is 13.2. The molecule has 0 aliphatic carbocycles. The lowest BCUT2D eigenvalue weighted by Crippen LogP contribution is -2.45. The van der Waals surface area contributed by atoms with Gasteiger partial charge in [-0.15, -0.1) is 10.2 Å². The molecule has 1 aromatic carbocycles. The van der Waals surface area contributed by atoms with E-state index in [9.17, 15) is 14.4 Å². The van der Waals surface area contributed by atoms with E-state index in [2.05, 4.69) is 10.2 Å². The average molecular weight is 383 g/mol. The van der Waals surface area contributed by atoms with Crippen LogP contribution in [-0.4, -0.2) is 52.5 Å². The monoisotopic (exact) mass is 383 g/mol. The molecule has 1 spiro atoms. The highest BCUT2D eigenvalue weighted by Crippen LogP contribution is 2.47. The quantitative estimate of drug-likeness (QED) is 0.808. The third kappa shape index (κ3) is 2.74. The summed E-state index contributed by atoms with van der Waals surface area (Å²) in [5, 5.41) is 7.74. The number of nitrogens with two attached hydrogens (primary N) is 1. The van der Waals surface area contributed by atoms with E-state index in [1.54, 1.807) is 11.0 Å². The van der Waals surface area contributed by atoms with Gasteiger partial charge >= 0.3 is 11.8 Å². The summed E-state index contributed by atoms with van der Waals surface area (Å²) in [6.45, 7) is 2.38. The van der Waals surface area contributed by atoms with E-state index in [0.29, 0.717) is 31.0 Å². The first-order chi connectivity index (χ1) is 13.5. The maximum Gasteiger partial charge on any atom is 0.311 e. The van der Waals surface area contributed by atoms with Crippen molar-refractivity contribution >= 4 is 23.4 Å². The van der Waals surface area contributed by atoms with Crippen molar-refractivity contribution in [2.45, 2.75) is 31.6 Å². The number of para-hydroxylation sites is 1. The largest absolute Gasteiger partial charge is 0.417 e. The van der Waals surface area contributed by atoms with Gasteiger partial charge in [-0.05, 0) is 24.5 Å². The van der Waals surface area contributed by atoms with Gasteiger partial charge in [0.15, 0.2) is 0 Å². The maximum atomic E-state index is 13.2. The highest BCUT2D eigenvalue weighted by molar-refractivity contribution is 6.11. The van der Waals surface area contributed by atoms with Crippen LogP contribution in [0.1, 0.15) is 41.9 Å². The van der Waals surface area contributed by atoms with E-state index in [1.165, 1.54) is 4.90 Å². The molecule has 3 amide bonds. The fraction of sp³-hybridized carbons (Fsp3) is 0.421. The van der Waals surface area contributed by atoms with E-state index in [1.807, 2.05) is 25.1 Å². The second kappa shape index (κ2) is 6.74. The molecular weight excluding hydrogens is 362 g/mol. The summed E-state index contributed by atoms with van der Waals surface area (Å²) < 4.78 is 5.45. The molecule has 0 radical (unpaired) electrons. The molecule has 0 bridgehead atoms. The van der Waals surface area contributed by atoms with Crippen LogP contribution in [0.5, 0.6) is 0 Å². The van der Waals surface area contributed by atoms with Crippen molar-refractivity contribution in [2.24, 2.45) is 5.73 Å². The molecule has 146 valence electrons. The minimum absolute atomic E-state index is 0.0618. The van der Waals surface area contributed by atoms with Crippen LogP contribution in [0.2, 0.25) is 0 Å². The van der Waals surface area contributed by atoms with E-state index < -0.39 is 11.3 Å². The molecule has 0 saturated carbocycles. The fourth-order valence-corrected chi connectivity index (χ4v) is 4.08. The number of aromatic nitrogens is 2. The molecule has 1 aromatic heterocycles. The van der Waals surface area contributed by atoms with Gasteiger partial charge in [0.25, 0.3) is 0 Å². The van der Waals surface area contributed by atoms with Gasteiger partial charge in [0.1, 0.15) is 6.54 Å². The normalized spacial score (nSPS) is 20.8. The number of rotatable bonds is 5. The Hall–Kier alpha value is -3.23. The smallest absolute Gasteiger partial charge is 0.311 e. The standard InChI is InChI=1S/C19H21N5O4/c1-2-5-15-21-22-16(28-15)17(26)23-9-8-19(11-23)12-6-3-4-7-13(12)24(18(19)27)10-14(20)25/h3-4,6-7H,2,5,8-11H2,1H3,(H2,20,25)/t19-/m1/s1. The van der Waals surface area contributed by atoms with Crippen LogP contribution in [0.15, 0.2) is 28.7 Å². The molecule has 2 aromatic rings. The van der Waals surface area contributed by atoms with Crippen molar-refractivity contribution in [1.29, 1.82) is 0 Å². The number of benzene rings is 1. The van der Waals surface area contributed by atoms with E-state index in [0.717, 1.165) is 12.0 Å². The Kier molecular flexibility index (Phi) is 4.37. The lowest BCUT2D eigenvalue weighted by Gasteiger charge is -2.23. The zero-order valence-corrected chi connectivity index (χ0v) is 15.6. The van der Waals surface area contributed by atoms with Gasteiger partial charge < -0.3 is 20.0 Å². The zero-order valence-electron chi connectivity index (χ0n) is 15.6. The number of anilines is 1. The Morgan fingerprint density at radius 1 is 1.29 bits per heavy atom. The first kappa shape index (κ1) is 18.1. The predicted molar refractivity (Wildman–Crippen MR) is 98.5 cm³/mol. The van der Waals surface area contributed by atoms with E-state index >= 15 is 0 Å². The van der Waals surface area contributed by atoms with E-state index in [-0.39, 0.29) is 30.8 Å². The molecule has 1 saturated heterocycles. The Balaban J connectivity index is 1.62. The minimum Gasteiger partial charge on any atom is -0.417 e. The summed E-state index contributed by atoms with van der Waals surface area (Å²) >= 11 is 0. The SMILES string of the molecule is CCCc1nnc(C(=O)N2CC[C@]3(C2)C(=O)N(CC(N)=O)c2ccccc23)o1. The second-order valence-corrected chi connectivity index (χ2v) is 7.18. The summed E-state index contributed by atoms with van der Waals surface area (Å²) in [6.07, 6.45) is 1.90. The van der Waals surface area contributed by atoms with E-state index in [4.69, 9.17) is 10.2 Å². The van der Waals surface area contributed by atoms with Crippen LogP contribution in [0.3, 0.4) is 0 Å². The first-order valence-electron chi connectivity index (χ1n) is 9.27. The summed E-state index contributed by atoms with van der Waals surface area (Å²) in [4.78, 5) is 40.5. The van der Waals surface area contributed by atoms with Crippen LogP contribution in [0.25, 0.3) is 0 Å². The van der Waals surface area contributed by atoms with Gasteiger partial charge in [-0.2, -0.15) is 0 Å². The Morgan fingerprint density at radius 3 is 2.82 bits per heavy atom. The lowest BCUT2D eigenvalue weighted by molar-refractivity contribution is -0.125. The van der Waals surface area contributed by atoms with Crippen molar-refractivity contribution in [3.05, 3.63) is 41.6 Å². The number of amides is 3. The number of likely N-dealkylation sites (tertiary alicyclic amines) is 1. The number of hydrogen-bond donors (Lipinski definition) is 1. The molecule has 1 fully saturated rings. The van der Waals surface area contributed by atoms with Crippen molar-refractivity contribution in [1.82, 2.24) is 15.1 Å². The van der Waals surface area contributed by atoms with Gasteiger partial charge in [-0.1, -0.05) is 25.1 Å². The van der Waals surface area contributed by atoms with Gasteiger partial charge in [0.05, 0.1) is 5.41 Å². The Morgan fingerprint density at radius 2 is 2.07 bits per heavy atom. The highest BCUT2D eigenvalue weighted by Gasteiger charge is 2.55. The summed E-state index contributed by atoms with van der Waals surface area (Å²) in [5.41, 5.74) is 5.93. The molecule has 28 heavy (non-hydrogen) atoms. The zero-order chi connectivity index (χ0) is 19.9. The number of carbonyl (C=O) groups excluding carboxylic acids is 3. The van der Waals surface area contributed by atoms with Gasteiger partial charge in [-0.3, -0.25) is 14.4 Å². The molecule has 2 aliphatic rings. The van der Waals surface area contributed by atoms with Crippen molar-refractivity contribution in [2.75, 3.05) is 24.5 Å². The minimum atomic E-state index is -0.881. The lowest BCUT2D eigenvalue weighted by atomic mass is 9.81. The molecule has 0 unspecified atom stereocenters. The summed E-state index contributed by atoms with van der Waals surface area (Å²) in [7, 11) is 0. The number of nitrogens with zero attached hydrogens (tertiary/aromatic N) is 4. The molecule has 2 N–H and O–H groups in total. The average Bonchev–Trinajstić information content (AvgIpc) is 3.37. The molecule has 1 atom stereocenters. The van der Waals surface area contributed by atoms with Gasteiger partial charge in [0, 0.05) is 25.2 Å². The van der Waals surface area contributed by atoms with Gasteiger partial charge in [-0.25, -0.2) is 0 Å². The van der Waals surface area contributed by atoms with Crippen molar-refractivity contribution in [3.8, 4) is 0 Å². The third-order valence-corrected chi connectivity index (χ3v) is 5.35. The number of fused-ring (bicyclic) bond motifs is 2. The van der Waals surface area contributed by atoms with Crippen molar-refractivity contribution in [3.63, 3.8) is 0 Å². The van der Waals surface area contributed by atoms with Gasteiger partial charge in [0.2, 0.25) is 17.7 Å². The fourth-order valence-electron chi connectivity index (χ4n) is 4.08. The summed E-state index contributed by atoms with van der Waals surface area (Å²) in [5.74, 6) is -0.811. The first-order valence-corrected chi connectivity index (χ1v) is 9.27. The highest BCUT2D eigenvalue weighted by atomic mass is 16.4. The van der Waals surface area contributed by atoms with Crippen LogP contribution >= 0.6 is 0 Å². The molecule has 9 heteroatoms. The second-order valence-electron chi connectivity index (χ2n) is 7.18. The van der Waals surface area contributed by atoms with Crippen LogP contribution < -0.4 is 10.6 Å². The van der Waals surface area contributed by atoms with Crippen LogP contribution in [0.4, 0.5) is 5.69 Å². The molecular formula is C19H21N5O4. The topological polar surface area (TPSA) is 123 Å². The summed E-state index contributed by atoms with van der Waals surface area (Å²) in [6, 6.07) is 7.32. The molecule has 2 aliphatic heterocycles. The number of hydrogen-bond acceptors (Lipinski definition) is 6.